The van der Waals surface area contributed by atoms with Crippen LogP contribution in [0.15, 0.2) is 39.0 Å². The van der Waals surface area contributed by atoms with Gasteiger partial charge < -0.3 is 20.8 Å². The molecule has 1 saturated carbocycles. The number of esters is 1. The van der Waals surface area contributed by atoms with Gasteiger partial charge >= 0.3 is 5.97 Å². The molecule has 1 spiro atoms. The lowest BCUT2D eigenvalue weighted by Gasteiger charge is -2.31. The summed E-state index contributed by atoms with van der Waals surface area (Å²) in [4.78, 5) is 38.2. The number of likely N-dealkylation sites (tertiary alicyclic amines) is 1. The molecule has 4 rings (SSSR count). The van der Waals surface area contributed by atoms with Crippen molar-refractivity contribution in [2.45, 2.75) is 65.0 Å². The van der Waals surface area contributed by atoms with E-state index in [9.17, 15) is 9.59 Å². The number of ether oxygens (including phenoxy) is 1. The molecule has 1 aromatic heterocycles. The zero-order chi connectivity index (χ0) is 23.8. The normalized spacial score (nSPS) is 22.4. The molecule has 1 amide bonds. The van der Waals surface area contributed by atoms with Crippen molar-refractivity contribution < 1.29 is 14.3 Å². The third-order valence-corrected chi connectivity index (χ3v) is 6.34. The molecular weight excluding hydrogens is 424 g/mol. The minimum Gasteiger partial charge on any atom is -0.456 e. The highest BCUT2D eigenvalue weighted by Crippen LogP contribution is 2.48. The Kier molecular flexibility index (Phi) is 8.21. The Balaban J connectivity index is 0.000000196. The Hall–Kier alpha value is -3.21. The standard InChI is InChI=1S/C15H21NO3.C7H11N7/c1-10-8-15(6-4-3-5-7-15)14(18)16(10)12-9-19-13(17)11(12)2;1-9-2-6-3-11-7(4-10-6)12-5-13-14-8/h10H,3-9H2,1-2H3;3-5,9H,2H2,1H3,(H2,8,11,12,13). The monoisotopic (exact) mass is 456 g/mol. The molecule has 1 aromatic rings. The summed E-state index contributed by atoms with van der Waals surface area (Å²) in [6, 6.07) is 0.185. The summed E-state index contributed by atoms with van der Waals surface area (Å²) in [5, 5.41) is 9.34. The average Bonchev–Trinajstić information content (AvgIpc) is 3.25. The van der Waals surface area contributed by atoms with Crippen molar-refractivity contribution in [1.29, 1.82) is 0 Å². The number of nitrogens with two attached hydrogens (primary N) is 1. The fourth-order valence-corrected chi connectivity index (χ4v) is 4.76. The van der Waals surface area contributed by atoms with E-state index in [-0.39, 0.29) is 29.9 Å². The molecule has 2 aliphatic heterocycles. The number of rotatable bonds is 5. The topological polar surface area (TPSA) is 148 Å². The van der Waals surface area contributed by atoms with E-state index >= 15 is 0 Å². The fraction of sp³-hybridized carbons (Fsp3) is 0.591. The van der Waals surface area contributed by atoms with E-state index in [1.54, 1.807) is 19.3 Å². The highest BCUT2D eigenvalue weighted by molar-refractivity contribution is 5.94. The Morgan fingerprint density at radius 3 is 2.61 bits per heavy atom. The van der Waals surface area contributed by atoms with Gasteiger partial charge in [-0.25, -0.2) is 14.8 Å². The van der Waals surface area contributed by atoms with Crippen LogP contribution in [-0.2, 0) is 20.9 Å². The lowest BCUT2D eigenvalue weighted by molar-refractivity contribution is -0.138. The van der Waals surface area contributed by atoms with Crippen molar-refractivity contribution >= 4 is 24.0 Å². The maximum atomic E-state index is 12.9. The predicted octanol–water partition coefficient (Wildman–Crippen LogP) is 2.57. The molecule has 3 aliphatic rings. The third kappa shape index (κ3) is 5.59. The zero-order valence-corrected chi connectivity index (χ0v) is 19.5. The molecule has 0 aromatic carbocycles. The molecule has 33 heavy (non-hydrogen) atoms. The van der Waals surface area contributed by atoms with Gasteiger partial charge in [-0.15, -0.1) is 5.11 Å². The van der Waals surface area contributed by atoms with Crippen LogP contribution in [-0.4, -0.2) is 52.8 Å². The summed E-state index contributed by atoms with van der Waals surface area (Å²) in [6.07, 6.45) is 10.9. The van der Waals surface area contributed by atoms with Gasteiger partial charge in [-0.1, -0.05) is 24.5 Å². The average molecular weight is 457 g/mol. The summed E-state index contributed by atoms with van der Waals surface area (Å²) in [5.74, 6) is 5.20. The molecule has 1 saturated heterocycles. The van der Waals surface area contributed by atoms with Crippen LogP contribution in [0.25, 0.3) is 0 Å². The highest BCUT2D eigenvalue weighted by atomic mass is 16.5. The molecule has 11 nitrogen and oxygen atoms in total. The lowest BCUT2D eigenvalue weighted by Crippen LogP contribution is -2.37. The molecule has 1 unspecified atom stereocenters. The Morgan fingerprint density at radius 1 is 1.27 bits per heavy atom. The van der Waals surface area contributed by atoms with Crippen LogP contribution < -0.4 is 11.2 Å². The van der Waals surface area contributed by atoms with E-state index in [0.717, 1.165) is 43.5 Å². The SMILES string of the molecule is CC1=C(N2C(=O)C3(CCCCC3)CC2C)COC1=O.CNCc1cnc(N=CN=NN)cn1. The van der Waals surface area contributed by atoms with Crippen molar-refractivity contribution in [3.8, 4) is 0 Å². The number of carbonyl (C=O) groups is 2. The molecule has 0 bridgehead atoms. The van der Waals surface area contributed by atoms with Crippen LogP contribution in [0.3, 0.4) is 0 Å². The summed E-state index contributed by atoms with van der Waals surface area (Å²) >= 11 is 0. The molecular formula is C22H32N8O3. The molecule has 3 N–H and O–H groups in total. The molecule has 1 atom stereocenters. The number of cyclic esters (lactones) is 1. The number of aromatic nitrogens is 2. The van der Waals surface area contributed by atoms with Gasteiger partial charge in [0.2, 0.25) is 5.91 Å². The summed E-state index contributed by atoms with van der Waals surface area (Å²) < 4.78 is 5.06. The first-order valence-corrected chi connectivity index (χ1v) is 11.2. The number of nitrogens with one attached hydrogen (secondary N) is 1. The number of aliphatic imine (C=N–C) groups is 1. The van der Waals surface area contributed by atoms with Crippen LogP contribution in [0.2, 0.25) is 0 Å². The van der Waals surface area contributed by atoms with Crippen LogP contribution in [0, 0.1) is 5.41 Å². The molecule has 178 valence electrons. The van der Waals surface area contributed by atoms with E-state index in [0.29, 0.717) is 17.9 Å². The largest absolute Gasteiger partial charge is 0.456 e. The van der Waals surface area contributed by atoms with E-state index in [2.05, 4.69) is 37.5 Å². The smallest absolute Gasteiger partial charge is 0.336 e. The van der Waals surface area contributed by atoms with Gasteiger partial charge in [0.05, 0.1) is 34.8 Å². The number of amides is 1. The van der Waals surface area contributed by atoms with Crippen molar-refractivity contribution in [2.24, 2.45) is 26.6 Å². The van der Waals surface area contributed by atoms with Gasteiger partial charge in [0, 0.05) is 12.6 Å². The first-order valence-electron chi connectivity index (χ1n) is 11.2. The highest BCUT2D eigenvalue weighted by Gasteiger charge is 2.52. The Bertz CT molecular complexity index is 935. The first-order chi connectivity index (χ1) is 15.9. The fourth-order valence-electron chi connectivity index (χ4n) is 4.76. The molecule has 2 fully saturated rings. The predicted molar refractivity (Wildman–Crippen MR) is 122 cm³/mol. The number of hydrogen-bond acceptors (Lipinski definition) is 8. The van der Waals surface area contributed by atoms with Crippen molar-refractivity contribution in [2.75, 3.05) is 13.7 Å². The van der Waals surface area contributed by atoms with Gasteiger partial charge in [0.25, 0.3) is 0 Å². The summed E-state index contributed by atoms with van der Waals surface area (Å²) in [6.45, 7) is 4.79. The van der Waals surface area contributed by atoms with Gasteiger partial charge in [-0.05, 0) is 40.2 Å². The quantitative estimate of drug-likeness (QED) is 0.173. The Morgan fingerprint density at radius 2 is 2.03 bits per heavy atom. The third-order valence-electron chi connectivity index (χ3n) is 6.34. The van der Waals surface area contributed by atoms with Crippen LogP contribution in [0.1, 0.15) is 58.1 Å². The maximum absolute atomic E-state index is 12.9. The van der Waals surface area contributed by atoms with Gasteiger partial charge in [-0.3, -0.25) is 9.78 Å². The van der Waals surface area contributed by atoms with Crippen LogP contribution >= 0.6 is 0 Å². The van der Waals surface area contributed by atoms with E-state index < -0.39 is 0 Å². The van der Waals surface area contributed by atoms with Crippen LogP contribution in [0.4, 0.5) is 5.82 Å². The maximum Gasteiger partial charge on any atom is 0.336 e. The summed E-state index contributed by atoms with van der Waals surface area (Å²) in [5.41, 5.74) is 2.10. The molecule has 0 radical (unpaired) electrons. The van der Waals surface area contributed by atoms with Gasteiger partial charge in [0.15, 0.2) is 5.82 Å². The zero-order valence-electron chi connectivity index (χ0n) is 19.5. The van der Waals surface area contributed by atoms with Gasteiger partial charge in [0.1, 0.15) is 12.9 Å². The van der Waals surface area contributed by atoms with E-state index in [1.165, 1.54) is 12.8 Å². The second-order valence-corrected chi connectivity index (χ2v) is 8.59. The number of nitrogens with zero attached hydrogens (tertiary/aromatic N) is 6. The lowest BCUT2D eigenvalue weighted by atomic mass is 9.72. The van der Waals surface area contributed by atoms with E-state index in [4.69, 9.17) is 10.6 Å². The van der Waals surface area contributed by atoms with Crippen molar-refractivity contribution in [3.63, 3.8) is 0 Å². The van der Waals surface area contributed by atoms with Crippen molar-refractivity contribution in [1.82, 2.24) is 20.2 Å². The minimum absolute atomic E-state index is 0.156. The first kappa shape index (κ1) is 24.4. The molecule has 11 heteroatoms. The number of carbonyl (C=O) groups excluding carboxylic acids is 2. The minimum atomic E-state index is -0.278. The van der Waals surface area contributed by atoms with E-state index in [1.807, 2.05) is 11.9 Å². The Labute approximate surface area is 193 Å². The van der Waals surface area contributed by atoms with Crippen molar-refractivity contribution in [3.05, 3.63) is 29.4 Å². The molecule has 3 heterocycles. The number of hydrogen-bond donors (Lipinski definition) is 2. The second kappa shape index (κ2) is 11.1. The van der Waals surface area contributed by atoms with Crippen LogP contribution in [0.5, 0.6) is 0 Å². The summed E-state index contributed by atoms with van der Waals surface area (Å²) in [7, 11) is 1.84. The molecule has 1 aliphatic carbocycles. The second-order valence-electron chi connectivity index (χ2n) is 8.59. The van der Waals surface area contributed by atoms with Gasteiger partial charge in [-0.2, -0.15) is 0 Å².